The van der Waals surface area contributed by atoms with Gasteiger partial charge in [-0.15, -0.1) is 0 Å². The van der Waals surface area contributed by atoms with E-state index < -0.39 is 0 Å². The highest BCUT2D eigenvalue weighted by atomic mass is 15.0. The minimum atomic E-state index is 0.650. The number of benzene rings is 6. The van der Waals surface area contributed by atoms with Crippen LogP contribution in [0.25, 0.3) is 67.5 Å². The summed E-state index contributed by atoms with van der Waals surface area (Å²) >= 11 is 0. The Bertz CT molecular complexity index is 1970. The molecule has 0 saturated heterocycles. The normalized spacial score (nSPS) is 11.0. The molecule has 7 aromatic rings. The molecule has 6 aromatic carbocycles. The first-order valence-electron chi connectivity index (χ1n) is 15.8. The monoisotopic (exact) mass is 593 g/mol. The molecule has 0 N–H and O–H groups in total. The van der Waals surface area contributed by atoms with Crippen LogP contribution in [0.1, 0.15) is 23.6 Å². The highest BCUT2D eigenvalue weighted by Gasteiger charge is 2.13. The maximum Gasteiger partial charge on any atom is 0.164 e. The van der Waals surface area contributed by atoms with Crippen LogP contribution < -0.4 is 0 Å². The maximum absolute atomic E-state index is 4.99. The van der Waals surface area contributed by atoms with Crippen LogP contribution in [-0.2, 0) is 6.42 Å². The molecule has 0 saturated carbocycles. The molecular weight excluding hydrogens is 558 g/mol. The van der Waals surface area contributed by atoms with Crippen molar-refractivity contribution in [3.8, 4) is 67.5 Å². The van der Waals surface area contributed by atoms with Gasteiger partial charge in [0.1, 0.15) is 0 Å². The lowest BCUT2D eigenvalue weighted by Crippen LogP contribution is -2.00. The van der Waals surface area contributed by atoms with Crippen molar-refractivity contribution in [1.82, 2.24) is 15.0 Å². The second-order valence-corrected chi connectivity index (χ2v) is 11.8. The summed E-state index contributed by atoms with van der Waals surface area (Å²) in [6.07, 6.45) is 1.03. The van der Waals surface area contributed by atoms with E-state index in [2.05, 4.69) is 166 Å². The Balaban J connectivity index is 1.26. The number of aromatic nitrogens is 3. The van der Waals surface area contributed by atoms with Crippen molar-refractivity contribution in [3.63, 3.8) is 0 Å². The highest BCUT2D eigenvalue weighted by molar-refractivity contribution is 5.73. The van der Waals surface area contributed by atoms with E-state index >= 15 is 0 Å². The van der Waals surface area contributed by atoms with E-state index in [1.165, 1.54) is 38.9 Å². The van der Waals surface area contributed by atoms with E-state index in [9.17, 15) is 0 Å². The molecule has 0 bridgehead atoms. The molecule has 222 valence electrons. The largest absolute Gasteiger partial charge is 0.208 e. The molecule has 0 aliphatic heterocycles. The summed E-state index contributed by atoms with van der Waals surface area (Å²) in [7, 11) is 0. The second-order valence-electron chi connectivity index (χ2n) is 11.8. The van der Waals surface area contributed by atoms with Crippen LogP contribution in [0, 0.1) is 13.8 Å². The third kappa shape index (κ3) is 6.27. The van der Waals surface area contributed by atoms with Gasteiger partial charge in [-0.25, -0.2) is 15.0 Å². The first-order chi connectivity index (χ1) is 22.5. The summed E-state index contributed by atoms with van der Waals surface area (Å²) in [6.45, 7) is 6.39. The fraction of sp³-hybridized carbons (Fsp3) is 0.0930. The quantitative estimate of drug-likeness (QED) is 0.184. The van der Waals surface area contributed by atoms with Gasteiger partial charge in [0, 0.05) is 16.7 Å². The van der Waals surface area contributed by atoms with Crippen molar-refractivity contribution in [2.24, 2.45) is 0 Å². The Morgan fingerprint density at radius 3 is 0.783 bits per heavy atom. The maximum atomic E-state index is 4.99. The lowest BCUT2D eigenvalue weighted by atomic mass is 10.0. The Kier molecular flexibility index (Phi) is 8.05. The van der Waals surface area contributed by atoms with Crippen LogP contribution in [0.5, 0.6) is 0 Å². The summed E-state index contributed by atoms with van der Waals surface area (Å²) in [4.78, 5) is 15.0. The Hall–Kier alpha value is -5.67. The molecule has 46 heavy (non-hydrogen) atoms. The van der Waals surface area contributed by atoms with E-state index in [1.807, 2.05) is 0 Å². The lowest BCUT2D eigenvalue weighted by molar-refractivity contribution is 1.07. The molecule has 1 aromatic heterocycles. The number of hydrogen-bond donors (Lipinski definition) is 0. The number of nitrogens with zero attached hydrogens (tertiary/aromatic N) is 3. The van der Waals surface area contributed by atoms with E-state index in [0.29, 0.717) is 17.5 Å². The highest BCUT2D eigenvalue weighted by Crippen LogP contribution is 2.30. The molecule has 0 spiro atoms. The molecule has 7 rings (SSSR count). The zero-order valence-corrected chi connectivity index (χ0v) is 26.4. The molecule has 1 heterocycles. The van der Waals surface area contributed by atoms with E-state index in [4.69, 9.17) is 15.0 Å². The minimum Gasteiger partial charge on any atom is -0.208 e. The average Bonchev–Trinajstić information content (AvgIpc) is 3.12. The summed E-state index contributed by atoms with van der Waals surface area (Å²) < 4.78 is 0. The Labute approximate surface area is 271 Å². The molecule has 0 aliphatic carbocycles. The third-order valence-corrected chi connectivity index (χ3v) is 8.53. The minimum absolute atomic E-state index is 0.650. The lowest BCUT2D eigenvalue weighted by Gasteiger charge is -2.10. The van der Waals surface area contributed by atoms with Crippen molar-refractivity contribution in [1.29, 1.82) is 0 Å². The van der Waals surface area contributed by atoms with E-state index in [-0.39, 0.29) is 0 Å². The van der Waals surface area contributed by atoms with Gasteiger partial charge in [0.05, 0.1) is 0 Å². The topological polar surface area (TPSA) is 38.7 Å². The summed E-state index contributed by atoms with van der Waals surface area (Å²) in [5.74, 6) is 1.95. The van der Waals surface area contributed by atoms with Gasteiger partial charge < -0.3 is 0 Å². The molecule has 3 nitrogen and oxygen atoms in total. The molecule has 0 radical (unpaired) electrons. The van der Waals surface area contributed by atoms with Crippen molar-refractivity contribution >= 4 is 0 Å². The first-order valence-corrected chi connectivity index (χ1v) is 15.8. The Morgan fingerprint density at radius 1 is 0.304 bits per heavy atom. The molecular formula is C43H35N3. The molecule has 0 amide bonds. The molecule has 0 fully saturated rings. The van der Waals surface area contributed by atoms with Crippen molar-refractivity contribution in [3.05, 3.63) is 162 Å². The fourth-order valence-electron chi connectivity index (χ4n) is 5.62. The molecule has 0 atom stereocenters. The number of rotatable bonds is 7. The summed E-state index contributed by atoms with van der Waals surface area (Å²) in [6, 6.07) is 51.4. The smallest absolute Gasteiger partial charge is 0.164 e. The zero-order chi connectivity index (χ0) is 31.5. The van der Waals surface area contributed by atoms with E-state index in [1.54, 1.807) is 0 Å². The van der Waals surface area contributed by atoms with Gasteiger partial charge in [-0.05, 0) is 59.2 Å². The van der Waals surface area contributed by atoms with Crippen LogP contribution in [0.15, 0.2) is 146 Å². The Morgan fingerprint density at radius 2 is 0.522 bits per heavy atom. The molecule has 0 unspecified atom stereocenters. The molecule has 3 heteroatoms. The van der Waals surface area contributed by atoms with Gasteiger partial charge in [0.15, 0.2) is 17.5 Å². The third-order valence-electron chi connectivity index (χ3n) is 8.53. The van der Waals surface area contributed by atoms with Crippen LogP contribution in [0.4, 0.5) is 0 Å². The van der Waals surface area contributed by atoms with E-state index in [0.717, 1.165) is 34.2 Å². The summed E-state index contributed by atoms with van der Waals surface area (Å²) in [5.41, 5.74) is 13.7. The van der Waals surface area contributed by atoms with Gasteiger partial charge in [-0.3, -0.25) is 0 Å². The average molecular weight is 594 g/mol. The van der Waals surface area contributed by atoms with Gasteiger partial charge in [0.2, 0.25) is 0 Å². The SMILES string of the molecule is CCc1ccc(-c2ccc(-c3nc(-c4ccc(-c5ccc(C)cc5)cc4)nc(-c4ccc(-c5ccc(C)cc5)cc4)n3)cc2)cc1. The van der Waals surface area contributed by atoms with Crippen LogP contribution >= 0.6 is 0 Å². The fourth-order valence-corrected chi connectivity index (χ4v) is 5.62. The van der Waals surface area contributed by atoms with Gasteiger partial charge in [-0.2, -0.15) is 0 Å². The van der Waals surface area contributed by atoms with Crippen molar-refractivity contribution in [2.75, 3.05) is 0 Å². The number of hydrogen-bond acceptors (Lipinski definition) is 3. The van der Waals surface area contributed by atoms with Crippen LogP contribution in [0.3, 0.4) is 0 Å². The summed E-state index contributed by atoms with van der Waals surface area (Å²) in [5, 5.41) is 0. The van der Waals surface area contributed by atoms with Crippen LogP contribution in [-0.4, -0.2) is 15.0 Å². The van der Waals surface area contributed by atoms with Crippen molar-refractivity contribution < 1.29 is 0 Å². The first kappa shape index (κ1) is 29.1. The second kappa shape index (κ2) is 12.7. The van der Waals surface area contributed by atoms with Gasteiger partial charge in [0.25, 0.3) is 0 Å². The van der Waals surface area contributed by atoms with Gasteiger partial charge >= 0.3 is 0 Å². The standard InChI is InChI=1S/C43H35N3/c1-4-31-9-15-34(16-10-31)37-21-27-40(28-22-37)43-45-41(38-23-17-35(18-24-38)32-11-5-29(2)6-12-32)44-42(46-43)39-25-19-36(20-26-39)33-13-7-30(3)8-14-33/h5-28H,4H2,1-3H3. The predicted molar refractivity (Wildman–Crippen MR) is 191 cm³/mol. The molecule has 0 aliphatic rings. The number of aryl methyl sites for hydroxylation is 3. The predicted octanol–water partition coefficient (Wildman–Crippen LogP) is 11.1. The van der Waals surface area contributed by atoms with Gasteiger partial charge in [-0.1, -0.05) is 164 Å². The van der Waals surface area contributed by atoms with Crippen molar-refractivity contribution in [2.45, 2.75) is 27.2 Å². The van der Waals surface area contributed by atoms with Crippen LogP contribution in [0.2, 0.25) is 0 Å². The zero-order valence-electron chi connectivity index (χ0n) is 26.4.